The van der Waals surface area contributed by atoms with Gasteiger partial charge in [0.2, 0.25) is 10.0 Å². The van der Waals surface area contributed by atoms with Crippen molar-refractivity contribution in [2.24, 2.45) is 5.92 Å². The van der Waals surface area contributed by atoms with E-state index in [-0.39, 0.29) is 22.4 Å². The van der Waals surface area contributed by atoms with E-state index in [9.17, 15) is 23.1 Å². The van der Waals surface area contributed by atoms with E-state index in [1.165, 1.54) is 21.0 Å². The molecule has 146 valence electrons. The number of carboxylic acid groups (broad SMARTS) is 1. The summed E-state index contributed by atoms with van der Waals surface area (Å²) in [6.45, 7) is 2.21. The lowest BCUT2D eigenvalue weighted by Gasteiger charge is -2.32. The normalized spacial score (nSPS) is 26.3. The molecule has 2 fully saturated rings. The molecular formula is C18H22N2O6S. The van der Waals surface area contributed by atoms with Gasteiger partial charge in [-0.2, -0.15) is 4.31 Å². The zero-order chi connectivity index (χ0) is 19.3. The fraction of sp³-hybridized carbons (Fsp3) is 0.556. The van der Waals surface area contributed by atoms with Crippen molar-refractivity contribution in [1.29, 1.82) is 0 Å². The number of rotatable bonds is 4. The van der Waals surface area contributed by atoms with E-state index in [1.807, 2.05) is 0 Å². The predicted octanol–water partition coefficient (Wildman–Crippen LogP) is 2.02. The number of aliphatic carboxylic acids is 1. The maximum atomic E-state index is 13.3. The van der Waals surface area contributed by atoms with E-state index in [1.54, 1.807) is 13.0 Å². The fourth-order valence-corrected chi connectivity index (χ4v) is 6.49. The van der Waals surface area contributed by atoms with Crippen LogP contribution in [0.2, 0.25) is 0 Å². The molecule has 9 heteroatoms. The number of carbonyl (C=O) groups is 1. The SMILES string of the molecule is CCn1c(=O)oc2cc(S(=O)(=O)N3C(C(=O)O)CC4CCCCC43)ccc21. The molecule has 3 atom stereocenters. The number of aromatic nitrogens is 1. The molecular weight excluding hydrogens is 372 g/mol. The second-order valence-electron chi connectivity index (χ2n) is 7.28. The van der Waals surface area contributed by atoms with Crippen molar-refractivity contribution >= 4 is 27.1 Å². The topological polar surface area (TPSA) is 110 Å². The monoisotopic (exact) mass is 394 g/mol. The minimum atomic E-state index is -4.02. The summed E-state index contributed by atoms with van der Waals surface area (Å²) in [5.74, 6) is -1.57. The molecule has 0 spiro atoms. The van der Waals surface area contributed by atoms with Crippen molar-refractivity contribution in [3.8, 4) is 0 Å². The molecule has 2 aliphatic rings. The van der Waals surface area contributed by atoms with E-state index in [0.29, 0.717) is 24.9 Å². The molecule has 8 nitrogen and oxygen atoms in total. The first kappa shape index (κ1) is 18.2. The van der Waals surface area contributed by atoms with E-state index in [0.717, 1.165) is 19.3 Å². The zero-order valence-electron chi connectivity index (χ0n) is 15.0. The summed E-state index contributed by atoms with van der Waals surface area (Å²) in [7, 11) is -4.02. The average molecular weight is 394 g/mol. The zero-order valence-corrected chi connectivity index (χ0v) is 15.8. The third-order valence-electron chi connectivity index (χ3n) is 5.85. The maximum Gasteiger partial charge on any atom is 0.419 e. The molecule has 0 bridgehead atoms. The molecule has 1 aliphatic heterocycles. The van der Waals surface area contributed by atoms with Crippen molar-refractivity contribution in [3.63, 3.8) is 0 Å². The van der Waals surface area contributed by atoms with Gasteiger partial charge in [-0.1, -0.05) is 12.8 Å². The molecule has 2 heterocycles. The van der Waals surface area contributed by atoms with Crippen LogP contribution in [0, 0.1) is 5.92 Å². The van der Waals surface area contributed by atoms with E-state index >= 15 is 0 Å². The van der Waals surface area contributed by atoms with Gasteiger partial charge < -0.3 is 9.52 Å². The maximum absolute atomic E-state index is 13.3. The number of hydrogen-bond acceptors (Lipinski definition) is 5. The van der Waals surface area contributed by atoms with Crippen LogP contribution in [0.15, 0.2) is 32.3 Å². The molecule has 4 rings (SSSR count). The van der Waals surface area contributed by atoms with Gasteiger partial charge in [0.15, 0.2) is 5.58 Å². The van der Waals surface area contributed by atoms with Crippen molar-refractivity contribution < 1.29 is 22.7 Å². The van der Waals surface area contributed by atoms with Crippen LogP contribution in [0.25, 0.3) is 11.1 Å². The molecule has 1 aromatic heterocycles. The number of carboxylic acids is 1. The number of aryl methyl sites for hydroxylation is 1. The Kier molecular flexibility index (Phi) is 4.38. The summed E-state index contributed by atoms with van der Waals surface area (Å²) in [6, 6.07) is 2.96. The minimum Gasteiger partial charge on any atom is -0.480 e. The predicted molar refractivity (Wildman–Crippen MR) is 97.0 cm³/mol. The third kappa shape index (κ3) is 2.80. The standard InChI is InChI=1S/C18H22N2O6S/c1-2-19-14-8-7-12(10-16(14)26-18(19)23)27(24,25)20-13-6-4-3-5-11(13)9-15(20)17(21)22/h7-8,10-11,13,15H,2-6,9H2,1H3,(H,21,22). The first-order chi connectivity index (χ1) is 12.8. The molecule has 0 radical (unpaired) electrons. The number of benzene rings is 1. The Morgan fingerprint density at radius 3 is 2.74 bits per heavy atom. The lowest BCUT2D eigenvalue weighted by atomic mass is 9.85. The van der Waals surface area contributed by atoms with Crippen LogP contribution in [0.5, 0.6) is 0 Å². The van der Waals surface area contributed by atoms with Gasteiger partial charge in [0.1, 0.15) is 6.04 Å². The number of oxazole rings is 1. The van der Waals surface area contributed by atoms with Gasteiger partial charge in [-0.3, -0.25) is 9.36 Å². The van der Waals surface area contributed by atoms with Crippen molar-refractivity contribution in [3.05, 3.63) is 28.7 Å². The Balaban J connectivity index is 1.80. The quantitative estimate of drug-likeness (QED) is 0.850. The molecule has 1 saturated carbocycles. The summed E-state index contributed by atoms with van der Waals surface area (Å²) in [4.78, 5) is 23.6. The van der Waals surface area contributed by atoms with Crippen LogP contribution in [0.1, 0.15) is 39.0 Å². The third-order valence-corrected chi connectivity index (χ3v) is 7.78. The van der Waals surface area contributed by atoms with Gasteiger partial charge in [-0.25, -0.2) is 13.2 Å². The van der Waals surface area contributed by atoms with E-state index in [4.69, 9.17) is 4.42 Å². The van der Waals surface area contributed by atoms with Crippen LogP contribution < -0.4 is 5.76 Å². The first-order valence-corrected chi connectivity index (χ1v) is 10.7. The van der Waals surface area contributed by atoms with Gasteiger partial charge in [0, 0.05) is 18.7 Å². The van der Waals surface area contributed by atoms with E-state index in [2.05, 4.69) is 0 Å². The summed E-state index contributed by atoms with van der Waals surface area (Å²) < 4.78 is 34.5. The van der Waals surface area contributed by atoms with Gasteiger partial charge in [0.05, 0.1) is 10.4 Å². The number of fused-ring (bicyclic) bond motifs is 2. The first-order valence-electron chi connectivity index (χ1n) is 9.24. The van der Waals surface area contributed by atoms with Gasteiger partial charge in [-0.15, -0.1) is 0 Å². The molecule has 1 aliphatic carbocycles. The Labute approximate surface area is 156 Å². The summed E-state index contributed by atoms with van der Waals surface area (Å²) in [6.07, 6.45) is 3.78. The lowest BCUT2D eigenvalue weighted by Crippen LogP contribution is -2.46. The highest BCUT2D eigenvalue weighted by Crippen LogP contribution is 2.43. The average Bonchev–Trinajstić information content (AvgIpc) is 3.18. The fourth-order valence-electron chi connectivity index (χ4n) is 4.60. The molecule has 1 aromatic carbocycles. The molecule has 3 unspecified atom stereocenters. The highest BCUT2D eigenvalue weighted by Gasteiger charge is 2.51. The minimum absolute atomic E-state index is 0.0375. The van der Waals surface area contributed by atoms with Crippen LogP contribution in [-0.4, -0.2) is 40.4 Å². The van der Waals surface area contributed by atoms with Gasteiger partial charge >= 0.3 is 11.7 Å². The highest BCUT2D eigenvalue weighted by atomic mass is 32.2. The number of sulfonamides is 1. The number of nitrogens with zero attached hydrogens (tertiary/aromatic N) is 2. The van der Waals surface area contributed by atoms with Crippen molar-refractivity contribution in [2.75, 3.05) is 0 Å². The summed E-state index contributed by atoms with van der Waals surface area (Å²) >= 11 is 0. The number of hydrogen-bond donors (Lipinski definition) is 1. The highest BCUT2D eigenvalue weighted by molar-refractivity contribution is 7.89. The van der Waals surface area contributed by atoms with Gasteiger partial charge in [0.25, 0.3) is 0 Å². The Bertz CT molecular complexity index is 1050. The van der Waals surface area contributed by atoms with Crippen LogP contribution in [0.4, 0.5) is 0 Å². The van der Waals surface area contributed by atoms with Crippen LogP contribution in [-0.2, 0) is 21.4 Å². The smallest absolute Gasteiger partial charge is 0.419 e. The van der Waals surface area contributed by atoms with E-state index < -0.39 is 27.8 Å². The second-order valence-corrected chi connectivity index (χ2v) is 9.12. The van der Waals surface area contributed by atoms with Crippen molar-refractivity contribution in [2.45, 2.75) is 62.6 Å². The second kappa shape index (κ2) is 6.49. The van der Waals surface area contributed by atoms with Crippen molar-refractivity contribution in [1.82, 2.24) is 8.87 Å². The Hall–Kier alpha value is -2.13. The van der Waals surface area contributed by atoms with Crippen LogP contribution in [0.3, 0.4) is 0 Å². The Morgan fingerprint density at radius 1 is 1.30 bits per heavy atom. The largest absolute Gasteiger partial charge is 0.480 e. The van der Waals surface area contributed by atoms with Crippen LogP contribution >= 0.6 is 0 Å². The molecule has 2 aromatic rings. The molecule has 0 amide bonds. The lowest BCUT2D eigenvalue weighted by molar-refractivity contribution is -0.141. The van der Waals surface area contributed by atoms with Gasteiger partial charge in [-0.05, 0) is 44.2 Å². The molecule has 1 N–H and O–H groups in total. The molecule has 1 saturated heterocycles. The molecule has 27 heavy (non-hydrogen) atoms. The Morgan fingerprint density at radius 2 is 2.04 bits per heavy atom. The summed E-state index contributed by atoms with van der Waals surface area (Å²) in [5, 5.41) is 9.62. The summed E-state index contributed by atoms with van der Waals surface area (Å²) in [5.41, 5.74) is 0.711.